The lowest BCUT2D eigenvalue weighted by Gasteiger charge is -2.10. The van der Waals surface area contributed by atoms with Crippen LogP contribution in [-0.2, 0) is 11.3 Å². The molecule has 166 valence electrons. The number of aromatic nitrogens is 4. The maximum atomic E-state index is 12.1. The lowest BCUT2D eigenvalue weighted by atomic mass is 10.1. The van der Waals surface area contributed by atoms with Gasteiger partial charge in [-0.05, 0) is 30.2 Å². The second kappa shape index (κ2) is 8.51. The van der Waals surface area contributed by atoms with Crippen molar-refractivity contribution >= 4 is 33.2 Å². The Hall–Kier alpha value is -3.98. The van der Waals surface area contributed by atoms with Crippen LogP contribution in [-0.4, -0.2) is 39.8 Å². The van der Waals surface area contributed by atoms with Gasteiger partial charge in [-0.25, -0.2) is 19.3 Å². The second-order valence-corrected chi connectivity index (χ2v) is 8.31. The van der Waals surface area contributed by atoms with Crippen molar-refractivity contribution in [3.05, 3.63) is 70.9 Å². The van der Waals surface area contributed by atoms with E-state index < -0.39 is 0 Å². The molecule has 0 fully saturated rings. The average molecular weight is 461 g/mol. The fourth-order valence-corrected chi connectivity index (χ4v) is 4.65. The zero-order valence-corrected chi connectivity index (χ0v) is 19.0. The zero-order chi connectivity index (χ0) is 22.9. The van der Waals surface area contributed by atoms with Gasteiger partial charge in [0.2, 0.25) is 0 Å². The monoisotopic (exact) mass is 460 g/mol. The van der Waals surface area contributed by atoms with E-state index in [4.69, 9.17) is 19.2 Å². The van der Waals surface area contributed by atoms with Crippen LogP contribution in [0.1, 0.15) is 20.8 Å². The van der Waals surface area contributed by atoms with Crippen LogP contribution in [0.2, 0.25) is 0 Å². The van der Waals surface area contributed by atoms with Crippen LogP contribution >= 0.6 is 11.3 Å². The number of hydrogen-bond donors (Lipinski definition) is 0. The maximum Gasteiger partial charge on any atom is 0.348 e. The van der Waals surface area contributed by atoms with Gasteiger partial charge >= 0.3 is 5.97 Å². The van der Waals surface area contributed by atoms with Crippen LogP contribution in [0, 0.1) is 6.92 Å². The molecule has 0 saturated heterocycles. The molecule has 0 bridgehead atoms. The van der Waals surface area contributed by atoms with Crippen molar-refractivity contribution in [1.29, 1.82) is 0 Å². The molecule has 0 saturated carbocycles. The lowest BCUT2D eigenvalue weighted by Crippen LogP contribution is -1.99. The van der Waals surface area contributed by atoms with E-state index in [1.165, 1.54) is 18.4 Å². The van der Waals surface area contributed by atoms with Crippen LogP contribution in [0.15, 0.2) is 54.9 Å². The molecule has 33 heavy (non-hydrogen) atoms. The molecule has 9 heteroatoms. The predicted molar refractivity (Wildman–Crippen MR) is 125 cm³/mol. The SMILES string of the molecule is COC(=O)c1sc2ncn3nc(-c4ccc(COc5ccccc5OC)cc4)nc3c2c1C. The molecule has 8 nitrogen and oxygen atoms in total. The van der Waals surface area contributed by atoms with E-state index in [0.29, 0.717) is 34.5 Å². The number of fused-ring (bicyclic) bond motifs is 3. The molecular weight excluding hydrogens is 440 g/mol. The minimum atomic E-state index is -0.376. The normalized spacial score (nSPS) is 11.1. The fourth-order valence-electron chi connectivity index (χ4n) is 3.59. The summed E-state index contributed by atoms with van der Waals surface area (Å²) in [6.07, 6.45) is 1.61. The fraction of sp³-hybridized carbons (Fsp3) is 0.167. The largest absolute Gasteiger partial charge is 0.493 e. The molecule has 0 spiro atoms. The first-order valence-corrected chi connectivity index (χ1v) is 11.0. The van der Waals surface area contributed by atoms with Crippen molar-refractivity contribution in [2.24, 2.45) is 0 Å². The van der Waals surface area contributed by atoms with Crippen LogP contribution in [0.5, 0.6) is 11.5 Å². The van der Waals surface area contributed by atoms with Crippen molar-refractivity contribution < 1.29 is 19.0 Å². The van der Waals surface area contributed by atoms with E-state index in [1.54, 1.807) is 18.0 Å². The molecule has 2 aromatic carbocycles. The van der Waals surface area contributed by atoms with Crippen molar-refractivity contribution in [3.8, 4) is 22.9 Å². The summed E-state index contributed by atoms with van der Waals surface area (Å²) in [6, 6.07) is 15.4. The summed E-state index contributed by atoms with van der Waals surface area (Å²) >= 11 is 1.30. The van der Waals surface area contributed by atoms with Gasteiger partial charge in [0.25, 0.3) is 0 Å². The Morgan fingerprint density at radius 1 is 1.06 bits per heavy atom. The molecule has 0 unspecified atom stereocenters. The molecule has 0 aliphatic heterocycles. The average Bonchev–Trinajstić information content (AvgIpc) is 3.43. The number of benzene rings is 2. The summed E-state index contributed by atoms with van der Waals surface area (Å²) in [7, 11) is 2.99. The number of thiophene rings is 1. The zero-order valence-electron chi connectivity index (χ0n) is 18.2. The van der Waals surface area contributed by atoms with Crippen molar-refractivity contribution in [1.82, 2.24) is 19.6 Å². The van der Waals surface area contributed by atoms with Crippen molar-refractivity contribution in [2.45, 2.75) is 13.5 Å². The molecule has 0 aliphatic carbocycles. The third-order valence-corrected chi connectivity index (χ3v) is 6.49. The van der Waals surface area contributed by atoms with E-state index in [0.717, 1.165) is 26.9 Å². The first-order chi connectivity index (χ1) is 16.1. The Balaban J connectivity index is 1.42. The number of para-hydroxylation sites is 2. The third kappa shape index (κ3) is 3.76. The van der Waals surface area contributed by atoms with Gasteiger partial charge in [0, 0.05) is 5.56 Å². The Bertz CT molecular complexity index is 1470. The lowest BCUT2D eigenvalue weighted by molar-refractivity contribution is 0.0605. The number of hydrogen-bond acceptors (Lipinski definition) is 8. The summed E-state index contributed by atoms with van der Waals surface area (Å²) in [6.45, 7) is 2.28. The number of aryl methyl sites for hydroxylation is 1. The Morgan fingerprint density at radius 3 is 2.55 bits per heavy atom. The van der Waals surface area contributed by atoms with E-state index in [9.17, 15) is 4.79 Å². The van der Waals surface area contributed by atoms with Gasteiger partial charge < -0.3 is 14.2 Å². The number of rotatable bonds is 6. The molecule has 0 radical (unpaired) electrons. The summed E-state index contributed by atoms with van der Waals surface area (Å²) in [5, 5.41) is 5.39. The third-order valence-electron chi connectivity index (χ3n) is 5.31. The van der Waals surface area contributed by atoms with Crippen LogP contribution in [0.25, 0.3) is 27.3 Å². The van der Waals surface area contributed by atoms with Crippen molar-refractivity contribution in [3.63, 3.8) is 0 Å². The second-order valence-electron chi connectivity index (χ2n) is 7.31. The number of carbonyl (C=O) groups is 1. The Morgan fingerprint density at radius 2 is 1.82 bits per heavy atom. The number of methoxy groups -OCH3 is 2. The number of ether oxygens (including phenoxy) is 3. The topological polar surface area (TPSA) is 87.8 Å². The van der Waals surface area contributed by atoms with Gasteiger partial charge in [-0.2, -0.15) is 0 Å². The van der Waals surface area contributed by atoms with E-state index in [2.05, 4.69) is 10.1 Å². The quantitative estimate of drug-likeness (QED) is 0.340. The van der Waals surface area contributed by atoms with Crippen molar-refractivity contribution in [2.75, 3.05) is 14.2 Å². The highest BCUT2D eigenvalue weighted by molar-refractivity contribution is 7.20. The summed E-state index contributed by atoms with van der Waals surface area (Å²) < 4.78 is 17.7. The van der Waals surface area contributed by atoms with Gasteiger partial charge in [0.15, 0.2) is 23.0 Å². The molecule has 0 N–H and O–H groups in total. The summed E-state index contributed by atoms with van der Waals surface area (Å²) in [5.74, 6) is 1.59. The first kappa shape index (κ1) is 20.9. The minimum absolute atomic E-state index is 0.376. The highest BCUT2D eigenvalue weighted by Gasteiger charge is 2.20. The van der Waals surface area contributed by atoms with E-state index in [1.807, 2.05) is 55.5 Å². The Labute approximate surface area is 193 Å². The summed E-state index contributed by atoms with van der Waals surface area (Å²) in [4.78, 5) is 22.5. The first-order valence-electron chi connectivity index (χ1n) is 10.2. The van der Waals surface area contributed by atoms with E-state index >= 15 is 0 Å². The number of esters is 1. The van der Waals surface area contributed by atoms with Crippen LogP contribution in [0.3, 0.4) is 0 Å². The molecule has 5 aromatic rings. The maximum absolute atomic E-state index is 12.1. The number of nitrogens with zero attached hydrogens (tertiary/aromatic N) is 4. The van der Waals surface area contributed by atoms with Gasteiger partial charge in [-0.15, -0.1) is 16.4 Å². The summed E-state index contributed by atoms with van der Waals surface area (Å²) in [5.41, 5.74) is 3.33. The van der Waals surface area contributed by atoms with Crippen LogP contribution in [0.4, 0.5) is 0 Å². The molecule has 0 aliphatic rings. The van der Waals surface area contributed by atoms with Gasteiger partial charge in [0.1, 0.15) is 22.6 Å². The highest BCUT2D eigenvalue weighted by atomic mass is 32.1. The molecule has 0 atom stereocenters. The predicted octanol–water partition coefficient (Wildman–Crippen LogP) is 4.69. The minimum Gasteiger partial charge on any atom is -0.493 e. The van der Waals surface area contributed by atoms with Gasteiger partial charge in [-0.1, -0.05) is 36.4 Å². The highest BCUT2D eigenvalue weighted by Crippen LogP contribution is 2.33. The Kier molecular flexibility index (Phi) is 5.39. The molecule has 5 rings (SSSR count). The van der Waals surface area contributed by atoms with Crippen LogP contribution < -0.4 is 9.47 Å². The standard InChI is InChI=1S/C24H20N4O4S/c1-14-19-22-26-21(27-28(22)13-25-23(19)33-20(14)24(29)31-3)16-10-8-15(9-11-16)12-32-18-7-5-4-6-17(18)30-2/h4-11,13H,12H2,1-3H3. The van der Waals surface area contributed by atoms with E-state index in [-0.39, 0.29) is 5.97 Å². The smallest absolute Gasteiger partial charge is 0.348 e. The molecule has 0 amide bonds. The molecule has 3 heterocycles. The molecule has 3 aromatic heterocycles. The van der Waals surface area contributed by atoms with Gasteiger partial charge in [-0.3, -0.25) is 0 Å². The number of carbonyl (C=O) groups excluding carboxylic acids is 1. The molecular formula is C24H20N4O4S. The van der Waals surface area contributed by atoms with Gasteiger partial charge in [0.05, 0.1) is 19.6 Å².